The molecule has 4 aromatic rings. The van der Waals surface area contributed by atoms with Gasteiger partial charge in [0, 0.05) is 11.6 Å². The summed E-state index contributed by atoms with van der Waals surface area (Å²) in [7, 11) is 0. The highest BCUT2D eigenvalue weighted by Crippen LogP contribution is 2.32. The van der Waals surface area contributed by atoms with Gasteiger partial charge in [0.25, 0.3) is 5.56 Å². The molecule has 8 nitrogen and oxygen atoms in total. The summed E-state index contributed by atoms with van der Waals surface area (Å²) in [5.74, 6) is -0.199. The molecule has 0 radical (unpaired) electrons. The molecule has 0 bridgehead atoms. The number of carbonyl (C=O) groups excluding carboxylic acids is 1. The summed E-state index contributed by atoms with van der Waals surface area (Å²) in [6.07, 6.45) is 1.62. The molecule has 3 aromatic carbocycles. The van der Waals surface area contributed by atoms with E-state index in [1.54, 1.807) is 36.6 Å². The average Bonchev–Trinajstić information content (AvgIpc) is 3.27. The normalized spacial score (nSPS) is 15.3. The Bertz CT molecular complexity index is 1840. The second-order valence-corrected chi connectivity index (χ2v) is 10.9. The number of azo groups is 1. The van der Waals surface area contributed by atoms with Crippen molar-refractivity contribution >= 4 is 34.8 Å². The predicted octanol–water partition coefficient (Wildman–Crippen LogP) is 6.04. The molecule has 2 heterocycles. The Kier molecular flexibility index (Phi) is 8.07. The van der Waals surface area contributed by atoms with Gasteiger partial charge in [-0.3, -0.25) is 9.36 Å². The second-order valence-electron chi connectivity index (χ2n) is 9.90. The number of hydrogen-bond acceptors (Lipinski definition) is 8. The van der Waals surface area contributed by atoms with Crippen LogP contribution in [0.15, 0.2) is 104 Å². The number of thiazole rings is 1. The minimum absolute atomic E-state index is 0.0374. The van der Waals surface area contributed by atoms with Crippen LogP contribution < -0.4 is 14.9 Å². The highest BCUT2D eigenvalue weighted by Gasteiger charge is 2.33. The molecule has 41 heavy (non-hydrogen) atoms. The van der Waals surface area contributed by atoms with Gasteiger partial charge in [-0.1, -0.05) is 67.6 Å². The Hall–Kier alpha value is -4.63. The van der Waals surface area contributed by atoms with Crippen molar-refractivity contribution in [2.75, 3.05) is 6.61 Å². The van der Waals surface area contributed by atoms with Crippen LogP contribution in [-0.4, -0.2) is 22.2 Å². The van der Waals surface area contributed by atoms with E-state index in [0.29, 0.717) is 43.5 Å². The molecule has 5 rings (SSSR count). The molecule has 1 N–H and O–H groups in total. The summed E-state index contributed by atoms with van der Waals surface area (Å²) >= 11 is 1.20. The quantitative estimate of drug-likeness (QED) is 0.217. The fraction of sp³-hybridized carbons (Fsp3) is 0.219. The van der Waals surface area contributed by atoms with E-state index in [1.165, 1.54) is 17.4 Å². The lowest BCUT2D eigenvalue weighted by Crippen LogP contribution is -2.39. The molecule has 1 aromatic heterocycles. The first-order valence-corrected chi connectivity index (χ1v) is 14.2. The van der Waals surface area contributed by atoms with Gasteiger partial charge in [0.05, 0.1) is 39.8 Å². The molecule has 208 valence electrons. The van der Waals surface area contributed by atoms with Crippen LogP contribution in [-0.2, 0) is 9.53 Å². The first-order valence-electron chi connectivity index (χ1n) is 13.4. The topological polar surface area (TPSA) is 106 Å². The lowest BCUT2D eigenvalue weighted by atomic mass is 9.93. The molecular weight excluding hydrogens is 536 g/mol. The van der Waals surface area contributed by atoms with Gasteiger partial charge >= 0.3 is 5.97 Å². The van der Waals surface area contributed by atoms with E-state index in [0.717, 1.165) is 11.1 Å². The Morgan fingerprint density at radius 2 is 1.78 bits per heavy atom. The van der Waals surface area contributed by atoms with Crippen LogP contribution in [0.5, 0.6) is 5.75 Å². The highest BCUT2D eigenvalue weighted by molar-refractivity contribution is 7.07. The zero-order valence-corrected chi connectivity index (χ0v) is 24.1. The SMILES string of the molecule is CCOC(=O)C1=C(C)N=c2s/c(=C\c3ccc(N=Nc4ccccc4)cc3O)c(=O)n2[C@@H]1c1ccc(C(C)C)cc1. The van der Waals surface area contributed by atoms with Gasteiger partial charge < -0.3 is 9.84 Å². The van der Waals surface area contributed by atoms with E-state index < -0.39 is 12.0 Å². The number of hydrogen-bond donors (Lipinski definition) is 1. The lowest BCUT2D eigenvalue weighted by Gasteiger charge is -2.25. The maximum absolute atomic E-state index is 13.8. The van der Waals surface area contributed by atoms with Crippen molar-refractivity contribution in [3.05, 3.63) is 120 Å². The number of aromatic hydroxyl groups is 1. The Balaban J connectivity index is 1.58. The van der Waals surface area contributed by atoms with Gasteiger partial charge in [-0.05, 0) is 61.2 Å². The molecule has 0 saturated carbocycles. The fourth-order valence-electron chi connectivity index (χ4n) is 4.64. The van der Waals surface area contributed by atoms with Crippen LogP contribution >= 0.6 is 11.3 Å². The minimum atomic E-state index is -0.692. The van der Waals surface area contributed by atoms with Crippen LogP contribution in [0.4, 0.5) is 11.4 Å². The summed E-state index contributed by atoms with van der Waals surface area (Å²) < 4.78 is 7.29. The first kappa shape index (κ1) is 27.9. The third-order valence-electron chi connectivity index (χ3n) is 6.77. The number of nitrogens with zero attached hydrogens (tertiary/aromatic N) is 4. The van der Waals surface area contributed by atoms with Crippen molar-refractivity contribution < 1.29 is 14.6 Å². The molecule has 1 aliphatic rings. The number of carbonyl (C=O) groups is 1. The number of allylic oxidation sites excluding steroid dienone is 1. The van der Waals surface area contributed by atoms with E-state index in [2.05, 4.69) is 29.1 Å². The van der Waals surface area contributed by atoms with E-state index in [-0.39, 0.29) is 17.9 Å². The van der Waals surface area contributed by atoms with Crippen LogP contribution in [0.25, 0.3) is 6.08 Å². The molecular formula is C32H30N4O4S. The van der Waals surface area contributed by atoms with Crippen molar-refractivity contribution in [2.24, 2.45) is 15.2 Å². The van der Waals surface area contributed by atoms with E-state index in [1.807, 2.05) is 54.6 Å². The van der Waals surface area contributed by atoms with Crippen molar-refractivity contribution in [1.29, 1.82) is 0 Å². The van der Waals surface area contributed by atoms with Crippen molar-refractivity contribution in [1.82, 2.24) is 4.57 Å². The number of benzene rings is 3. The van der Waals surface area contributed by atoms with Gasteiger partial charge in [-0.15, -0.1) is 0 Å². The summed E-state index contributed by atoms with van der Waals surface area (Å²) in [6, 6.07) is 21.4. The largest absolute Gasteiger partial charge is 0.507 e. The Morgan fingerprint density at radius 3 is 2.44 bits per heavy atom. The van der Waals surface area contributed by atoms with Crippen LogP contribution in [0, 0.1) is 0 Å². The maximum atomic E-state index is 13.8. The number of phenolic OH excluding ortho intramolecular Hbond substituents is 1. The number of aromatic nitrogens is 1. The molecule has 0 spiro atoms. The predicted molar refractivity (Wildman–Crippen MR) is 160 cm³/mol. The third-order valence-corrected chi connectivity index (χ3v) is 7.76. The molecule has 1 atom stereocenters. The fourth-order valence-corrected chi connectivity index (χ4v) is 5.68. The third kappa shape index (κ3) is 5.81. The summed E-state index contributed by atoms with van der Waals surface area (Å²) in [4.78, 5) is 32.0. The number of phenols is 1. The molecule has 1 aliphatic heterocycles. The molecule has 0 unspecified atom stereocenters. The van der Waals surface area contributed by atoms with Crippen molar-refractivity contribution in [3.8, 4) is 5.75 Å². The number of rotatable bonds is 7. The maximum Gasteiger partial charge on any atom is 0.338 e. The van der Waals surface area contributed by atoms with E-state index in [9.17, 15) is 14.7 Å². The number of fused-ring (bicyclic) bond motifs is 1. The zero-order chi connectivity index (χ0) is 29.1. The second kappa shape index (κ2) is 11.9. The zero-order valence-electron chi connectivity index (χ0n) is 23.2. The summed E-state index contributed by atoms with van der Waals surface area (Å²) in [5.41, 5.74) is 4.09. The van der Waals surface area contributed by atoms with Gasteiger partial charge in [-0.2, -0.15) is 10.2 Å². The highest BCUT2D eigenvalue weighted by atomic mass is 32.1. The minimum Gasteiger partial charge on any atom is -0.507 e. The van der Waals surface area contributed by atoms with E-state index in [4.69, 9.17) is 4.74 Å². The molecule has 0 aliphatic carbocycles. The van der Waals surface area contributed by atoms with Crippen molar-refractivity contribution in [2.45, 2.75) is 39.7 Å². The molecule has 0 fully saturated rings. The average molecular weight is 567 g/mol. The van der Waals surface area contributed by atoms with Crippen LogP contribution in [0.2, 0.25) is 0 Å². The summed E-state index contributed by atoms with van der Waals surface area (Å²) in [5, 5.41) is 19.1. The number of esters is 1. The first-order chi connectivity index (χ1) is 19.8. The van der Waals surface area contributed by atoms with Gasteiger partial charge in [-0.25, -0.2) is 9.79 Å². The molecule has 9 heteroatoms. The van der Waals surface area contributed by atoms with Gasteiger partial charge in [0.15, 0.2) is 4.80 Å². The van der Waals surface area contributed by atoms with Crippen molar-refractivity contribution in [3.63, 3.8) is 0 Å². The van der Waals surface area contributed by atoms with Crippen LogP contribution in [0.3, 0.4) is 0 Å². The monoisotopic (exact) mass is 566 g/mol. The van der Waals surface area contributed by atoms with E-state index >= 15 is 0 Å². The number of ether oxygens (including phenoxy) is 1. The smallest absolute Gasteiger partial charge is 0.338 e. The Morgan fingerprint density at radius 1 is 1.07 bits per heavy atom. The Labute approximate surface area is 241 Å². The van der Waals surface area contributed by atoms with Gasteiger partial charge in [0.2, 0.25) is 0 Å². The lowest BCUT2D eigenvalue weighted by molar-refractivity contribution is -0.139. The summed E-state index contributed by atoms with van der Waals surface area (Å²) in [6.45, 7) is 7.93. The standard InChI is InChI=1S/C32H30N4O4S/c1-5-40-31(39)28-20(4)33-32-36(29(28)22-13-11-21(12-14-22)19(2)3)30(38)27(41-32)17-23-15-16-25(18-26(23)37)35-34-24-9-7-6-8-10-24/h6-19,29,37H,5H2,1-4H3/b27-17-,35-34?/t29-/m1/s1. The molecule has 0 amide bonds. The molecule has 0 saturated heterocycles. The van der Waals surface area contributed by atoms with Gasteiger partial charge in [0.1, 0.15) is 5.75 Å². The van der Waals surface area contributed by atoms with Crippen LogP contribution in [0.1, 0.15) is 56.3 Å².